The van der Waals surface area contributed by atoms with Gasteiger partial charge in [0.15, 0.2) is 5.78 Å². The van der Waals surface area contributed by atoms with Gasteiger partial charge < -0.3 is 0 Å². The Morgan fingerprint density at radius 3 is 2.14 bits per heavy atom. The van der Waals surface area contributed by atoms with Crippen LogP contribution in [-0.4, -0.2) is 54.3 Å². The van der Waals surface area contributed by atoms with Crippen molar-refractivity contribution in [1.29, 1.82) is 0 Å². The first-order chi connectivity index (χ1) is 9.88. The summed E-state index contributed by atoms with van der Waals surface area (Å²) in [5.41, 5.74) is 2.12. The maximum absolute atomic E-state index is 12.4. The number of ketones is 1. The molecule has 2 atom stereocenters. The minimum Gasteiger partial charge on any atom is -0.298 e. The first kappa shape index (κ1) is 16.2. The van der Waals surface area contributed by atoms with Gasteiger partial charge in [-0.05, 0) is 32.4 Å². The lowest BCUT2D eigenvalue weighted by atomic mass is 10.00. The van der Waals surface area contributed by atoms with Crippen LogP contribution in [0.2, 0.25) is 0 Å². The molecule has 1 heterocycles. The number of rotatable bonds is 4. The summed E-state index contributed by atoms with van der Waals surface area (Å²) >= 11 is 0. The summed E-state index contributed by atoms with van der Waals surface area (Å²) in [6.45, 7) is 11.3. The maximum atomic E-state index is 12.4. The molecule has 0 saturated carbocycles. The summed E-state index contributed by atoms with van der Waals surface area (Å²) in [4.78, 5) is 17.1. The van der Waals surface area contributed by atoms with E-state index in [-0.39, 0.29) is 5.78 Å². The van der Waals surface area contributed by atoms with Crippen molar-refractivity contribution in [2.75, 3.05) is 26.7 Å². The third kappa shape index (κ3) is 3.92. The molecule has 0 aromatic heterocycles. The van der Waals surface area contributed by atoms with Crippen LogP contribution in [0, 0.1) is 0 Å². The third-order valence-corrected chi connectivity index (χ3v) is 4.70. The molecule has 1 fully saturated rings. The molecule has 1 aromatic rings. The molecule has 0 bridgehead atoms. The largest absolute Gasteiger partial charge is 0.298 e. The smallest absolute Gasteiger partial charge is 0.176 e. The number of carbonyl (C=O) groups is 1. The first-order valence-electron chi connectivity index (χ1n) is 7.96. The second kappa shape index (κ2) is 6.71. The Morgan fingerprint density at radius 2 is 1.67 bits per heavy atom. The second-order valence-electron chi connectivity index (χ2n) is 6.76. The molecule has 1 aromatic carbocycles. The lowest BCUT2D eigenvalue weighted by Crippen LogP contribution is -2.55. The lowest BCUT2D eigenvalue weighted by molar-refractivity contribution is 0.0549. The van der Waals surface area contributed by atoms with Crippen molar-refractivity contribution in [3.05, 3.63) is 35.4 Å². The van der Waals surface area contributed by atoms with Crippen molar-refractivity contribution < 1.29 is 4.79 Å². The van der Waals surface area contributed by atoms with Crippen molar-refractivity contribution in [1.82, 2.24) is 9.80 Å². The highest BCUT2D eigenvalue weighted by Crippen LogP contribution is 2.17. The highest BCUT2D eigenvalue weighted by Gasteiger charge is 2.27. The van der Waals surface area contributed by atoms with E-state index in [1.54, 1.807) is 0 Å². The zero-order valence-electron chi connectivity index (χ0n) is 14.0. The Bertz CT molecular complexity index is 468. The Morgan fingerprint density at radius 1 is 1.14 bits per heavy atom. The zero-order chi connectivity index (χ0) is 15.6. The van der Waals surface area contributed by atoms with Gasteiger partial charge in [-0.2, -0.15) is 0 Å². The molecule has 0 amide bonds. The standard InChI is InChI=1S/C18H28N2O/c1-13(2)16-6-8-17(9-7-16)18(21)12-20-10-14(3)19(5)15(4)11-20/h6-9,13-15H,10-12H2,1-5H3. The van der Waals surface area contributed by atoms with Gasteiger partial charge >= 0.3 is 0 Å². The van der Waals surface area contributed by atoms with Gasteiger partial charge in [0.1, 0.15) is 0 Å². The average Bonchev–Trinajstić information content (AvgIpc) is 2.44. The van der Waals surface area contributed by atoms with Crippen molar-refractivity contribution in [2.45, 2.75) is 45.7 Å². The molecule has 21 heavy (non-hydrogen) atoms. The predicted molar refractivity (Wildman–Crippen MR) is 88.0 cm³/mol. The summed E-state index contributed by atoms with van der Waals surface area (Å²) in [6, 6.07) is 9.11. The minimum absolute atomic E-state index is 0.231. The first-order valence-corrected chi connectivity index (χ1v) is 7.96. The Labute approximate surface area is 128 Å². The number of Topliss-reactive ketones (excluding diaryl/α,β-unsaturated/α-hetero) is 1. The van der Waals surface area contributed by atoms with E-state index in [1.807, 2.05) is 12.1 Å². The van der Waals surface area contributed by atoms with E-state index < -0.39 is 0 Å². The van der Waals surface area contributed by atoms with Crippen LogP contribution in [0.25, 0.3) is 0 Å². The van der Waals surface area contributed by atoms with Gasteiger partial charge in [-0.3, -0.25) is 14.6 Å². The van der Waals surface area contributed by atoms with Crippen molar-refractivity contribution >= 4 is 5.78 Å². The number of benzene rings is 1. The van der Waals surface area contributed by atoms with Crippen LogP contribution in [0.3, 0.4) is 0 Å². The second-order valence-corrected chi connectivity index (χ2v) is 6.76. The molecule has 1 aliphatic rings. The zero-order valence-corrected chi connectivity index (χ0v) is 14.0. The molecule has 2 rings (SSSR count). The number of hydrogen-bond donors (Lipinski definition) is 0. The van der Waals surface area contributed by atoms with Crippen LogP contribution in [0.15, 0.2) is 24.3 Å². The Balaban J connectivity index is 1.98. The van der Waals surface area contributed by atoms with E-state index in [2.05, 4.69) is 56.7 Å². The Hall–Kier alpha value is -1.19. The molecule has 0 N–H and O–H groups in total. The van der Waals surface area contributed by atoms with Gasteiger partial charge in [0.05, 0.1) is 6.54 Å². The molecule has 1 aliphatic heterocycles. The average molecular weight is 288 g/mol. The molecule has 3 heteroatoms. The fourth-order valence-electron chi connectivity index (χ4n) is 2.99. The van der Waals surface area contributed by atoms with Crippen LogP contribution in [0.4, 0.5) is 0 Å². The molecule has 0 spiro atoms. The number of nitrogens with zero attached hydrogens (tertiary/aromatic N) is 2. The molecule has 2 unspecified atom stereocenters. The van der Waals surface area contributed by atoms with Gasteiger partial charge in [-0.15, -0.1) is 0 Å². The van der Waals surface area contributed by atoms with Crippen LogP contribution in [-0.2, 0) is 0 Å². The number of carbonyl (C=O) groups excluding carboxylic acids is 1. The quantitative estimate of drug-likeness (QED) is 0.796. The fraction of sp³-hybridized carbons (Fsp3) is 0.611. The number of likely N-dealkylation sites (N-methyl/N-ethyl adjacent to an activating group) is 1. The van der Waals surface area contributed by atoms with Gasteiger partial charge in [0, 0.05) is 30.7 Å². The summed E-state index contributed by atoms with van der Waals surface area (Å²) in [7, 11) is 2.17. The van der Waals surface area contributed by atoms with E-state index in [4.69, 9.17) is 0 Å². The van der Waals surface area contributed by atoms with Crippen LogP contribution in [0.1, 0.15) is 49.5 Å². The summed E-state index contributed by atoms with van der Waals surface area (Å²) in [5, 5.41) is 0. The molecule has 116 valence electrons. The van der Waals surface area contributed by atoms with Crippen LogP contribution in [0.5, 0.6) is 0 Å². The van der Waals surface area contributed by atoms with Gasteiger partial charge in [0.2, 0.25) is 0 Å². The van der Waals surface area contributed by atoms with Crippen molar-refractivity contribution in [2.24, 2.45) is 0 Å². The molecule has 1 saturated heterocycles. The predicted octanol–water partition coefficient (Wildman–Crippen LogP) is 3.02. The van der Waals surface area contributed by atoms with Gasteiger partial charge in [-0.1, -0.05) is 38.1 Å². The number of piperazine rings is 1. The molecule has 3 nitrogen and oxygen atoms in total. The van der Waals surface area contributed by atoms with Crippen LogP contribution >= 0.6 is 0 Å². The normalized spacial score (nSPS) is 24.5. The fourth-order valence-corrected chi connectivity index (χ4v) is 2.99. The van der Waals surface area contributed by atoms with E-state index in [0.29, 0.717) is 24.5 Å². The van der Waals surface area contributed by atoms with Crippen molar-refractivity contribution in [3.8, 4) is 0 Å². The summed E-state index contributed by atoms with van der Waals surface area (Å²) < 4.78 is 0. The third-order valence-electron chi connectivity index (χ3n) is 4.70. The van der Waals surface area contributed by atoms with Crippen LogP contribution < -0.4 is 0 Å². The summed E-state index contributed by atoms with van der Waals surface area (Å²) in [6.07, 6.45) is 0. The number of hydrogen-bond acceptors (Lipinski definition) is 3. The van der Waals surface area contributed by atoms with Gasteiger partial charge in [-0.25, -0.2) is 0 Å². The molecule has 0 aliphatic carbocycles. The Kier molecular flexibility index (Phi) is 5.17. The maximum Gasteiger partial charge on any atom is 0.176 e. The van der Waals surface area contributed by atoms with E-state index in [9.17, 15) is 4.79 Å². The highest BCUT2D eigenvalue weighted by atomic mass is 16.1. The molecule has 0 radical (unpaired) electrons. The molecular formula is C18H28N2O. The minimum atomic E-state index is 0.231. The lowest BCUT2D eigenvalue weighted by Gasteiger charge is -2.42. The van der Waals surface area contributed by atoms with Crippen molar-refractivity contribution in [3.63, 3.8) is 0 Å². The van der Waals surface area contributed by atoms with E-state index >= 15 is 0 Å². The van der Waals surface area contributed by atoms with E-state index in [1.165, 1.54) is 5.56 Å². The van der Waals surface area contributed by atoms with Gasteiger partial charge in [0.25, 0.3) is 0 Å². The molecular weight excluding hydrogens is 260 g/mol. The topological polar surface area (TPSA) is 23.6 Å². The SMILES string of the molecule is CC(C)c1ccc(C(=O)CN2CC(C)N(C)C(C)C2)cc1. The van der Waals surface area contributed by atoms with E-state index in [0.717, 1.165) is 18.7 Å². The highest BCUT2D eigenvalue weighted by molar-refractivity contribution is 5.97. The monoisotopic (exact) mass is 288 g/mol. The summed E-state index contributed by atoms with van der Waals surface area (Å²) in [5.74, 6) is 0.739.